The lowest BCUT2D eigenvalue weighted by molar-refractivity contribution is 0.0635. The lowest BCUT2D eigenvalue weighted by Crippen LogP contribution is -2.39. The van der Waals surface area contributed by atoms with Crippen molar-refractivity contribution < 1.29 is 9.47 Å². The molecule has 0 amide bonds. The fourth-order valence-electron chi connectivity index (χ4n) is 3.01. The number of aromatic nitrogens is 2. The maximum Gasteiger partial charge on any atom is 0.161 e. The summed E-state index contributed by atoms with van der Waals surface area (Å²) in [7, 11) is 2.07. The molecule has 0 radical (unpaired) electrons. The van der Waals surface area contributed by atoms with Gasteiger partial charge in [0, 0.05) is 19.3 Å². The molecular weight excluding hydrogens is 314 g/mol. The second kappa shape index (κ2) is 6.99. The molecule has 5 heteroatoms. The SMILES string of the molecule is CN(Cc1ccn(-c2ccccc2)n1)CC1COc2ccccc2O1. The Morgan fingerprint density at radius 2 is 1.80 bits per heavy atom. The Balaban J connectivity index is 1.35. The van der Waals surface area contributed by atoms with Crippen LogP contribution in [0.4, 0.5) is 0 Å². The van der Waals surface area contributed by atoms with Gasteiger partial charge in [-0.25, -0.2) is 4.68 Å². The molecule has 5 nitrogen and oxygen atoms in total. The fraction of sp³-hybridized carbons (Fsp3) is 0.250. The van der Waals surface area contributed by atoms with Gasteiger partial charge in [0.1, 0.15) is 12.7 Å². The Hall–Kier alpha value is -2.79. The van der Waals surface area contributed by atoms with Crippen LogP contribution in [0.1, 0.15) is 5.69 Å². The number of likely N-dealkylation sites (N-methyl/N-ethyl adjacent to an activating group) is 1. The maximum absolute atomic E-state index is 6.02. The second-order valence-electron chi connectivity index (χ2n) is 6.28. The zero-order valence-corrected chi connectivity index (χ0v) is 14.2. The molecule has 1 aliphatic heterocycles. The Kier molecular flexibility index (Phi) is 4.39. The van der Waals surface area contributed by atoms with Gasteiger partial charge in [0.05, 0.1) is 11.4 Å². The van der Waals surface area contributed by atoms with Gasteiger partial charge < -0.3 is 9.47 Å². The molecule has 3 aromatic rings. The molecule has 0 saturated heterocycles. The summed E-state index contributed by atoms with van der Waals surface area (Å²) in [6.07, 6.45) is 2.02. The van der Waals surface area contributed by atoms with Crippen LogP contribution >= 0.6 is 0 Å². The number of nitrogens with zero attached hydrogens (tertiary/aromatic N) is 3. The average molecular weight is 335 g/mol. The highest BCUT2D eigenvalue weighted by Crippen LogP contribution is 2.31. The summed E-state index contributed by atoms with van der Waals surface area (Å²) in [5.41, 5.74) is 2.10. The summed E-state index contributed by atoms with van der Waals surface area (Å²) in [6.45, 7) is 2.12. The number of hydrogen-bond donors (Lipinski definition) is 0. The topological polar surface area (TPSA) is 39.5 Å². The summed E-state index contributed by atoms with van der Waals surface area (Å²) in [6, 6.07) is 20.0. The second-order valence-corrected chi connectivity index (χ2v) is 6.28. The van der Waals surface area contributed by atoms with Crippen molar-refractivity contribution in [2.45, 2.75) is 12.6 Å². The van der Waals surface area contributed by atoms with Gasteiger partial charge in [-0.3, -0.25) is 4.90 Å². The van der Waals surface area contributed by atoms with Gasteiger partial charge in [-0.05, 0) is 37.4 Å². The molecule has 1 atom stereocenters. The molecular formula is C20H21N3O2. The summed E-state index contributed by atoms with van der Waals surface area (Å²) >= 11 is 0. The van der Waals surface area contributed by atoms with E-state index in [9.17, 15) is 0 Å². The van der Waals surface area contributed by atoms with E-state index in [2.05, 4.69) is 23.1 Å². The Bertz CT molecular complexity index is 832. The molecule has 0 spiro atoms. The largest absolute Gasteiger partial charge is 0.486 e. The molecule has 1 unspecified atom stereocenters. The van der Waals surface area contributed by atoms with Gasteiger partial charge >= 0.3 is 0 Å². The Morgan fingerprint density at radius 1 is 1.04 bits per heavy atom. The smallest absolute Gasteiger partial charge is 0.161 e. The van der Waals surface area contributed by atoms with Crippen LogP contribution in [0, 0.1) is 0 Å². The molecule has 0 N–H and O–H groups in total. The maximum atomic E-state index is 6.02. The van der Waals surface area contributed by atoms with Gasteiger partial charge in [0.25, 0.3) is 0 Å². The third kappa shape index (κ3) is 3.67. The van der Waals surface area contributed by atoms with Crippen molar-refractivity contribution in [1.82, 2.24) is 14.7 Å². The third-order valence-corrected chi connectivity index (χ3v) is 4.18. The number of hydrogen-bond acceptors (Lipinski definition) is 4. The van der Waals surface area contributed by atoms with Crippen molar-refractivity contribution in [3.05, 3.63) is 72.6 Å². The van der Waals surface area contributed by atoms with Crippen LogP contribution in [0.3, 0.4) is 0 Å². The average Bonchev–Trinajstić information content (AvgIpc) is 3.10. The standard InChI is InChI=1S/C20H21N3O2/c1-22(14-18-15-24-19-9-5-6-10-20(19)25-18)13-16-11-12-23(21-16)17-7-3-2-4-8-17/h2-12,18H,13-15H2,1H3. The van der Waals surface area contributed by atoms with Crippen LogP contribution in [0.15, 0.2) is 66.9 Å². The molecule has 1 aliphatic rings. The van der Waals surface area contributed by atoms with E-state index in [0.29, 0.717) is 6.61 Å². The van der Waals surface area contributed by atoms with Crippen LogP contribution in [-0.2, 0) is 6.54 Å². The van der Waals surface area contributed by atoms with Crippen molar-refractivity contribution in [3.8, 4) is 17.2 Å². The molecule has 2 aromatic carbocycles. The zero-order chi connectivity index (χ0) is 17.1. The van der Waals surface area contributed by atoms with Crippen LogP contribution in [0.5, 0.6) is 11.5 Å². The van der Waals surface area contributed by atoms with Gasteiger partial charge in [-0.1, -0.05) is 30.3 Å². The minimum atomic E-state index is 0.0242. The van der Waals surface area contributed by atoms with Crippen LogP contribution < -0.4 is 9.47 Å². The van der Waals surface area contributed by atoms with Crippen LogP contribution in [-0.4, -0.2) is 41.0 Å². The van der Waals surface area contributed by atoms with E-state index in [1.807, 2.05) is 65.5 Å². The first-order valence-corrected chi connectivity index (χ1v) is 8.45. The zero-order valence-electron chi connectivity index (χ0n) is 14.2. The third-order valence-electron chi connectivity index (χ3n) is 4.18. The number of fused-ring (bicyclic) bond motifs is 1. The highest BCUT2D eigenvalue weighted by Gasteiger charge is 2.22. The van der Waals surface area contributed by atoms with Crippen LogP contribution in [0.2, 0.25) is 0 Å². The Morgan fingerprint density at radius 3 is 2.64 bits per heavy atom. The minimum Gasteiger partial charge on any atom is -0.486 e. The van der Waals surface area contributed by atoms with Crippen molar-refractivity contribution >= 4 is 0 Å². The Labute approximate surface area is 147 Å². The number of para-hydroxylation sites is 3. The lowest BCUT2D eigenvalue weighted by atomic mass is 10.2. The van der Waals surface area contributed by atoms with Crippen molar-refractivity contribution in [2.24, 2.45) is 0 Å². The fourth-order valence-corrected chi connectivity index (χ4v) is 3.01. The number of ether oxygens (including phenoxy) is 2. The van der Waals surface area contributed by atoms with E-state index < -0.39 is 0 Å². The minimum absolute atomic E-state index is 0.0242. The predicted molar refractivity (Wildman–Crippen MR) is 96.3 cm³/mol. The summed E-state index contributed by atoms with van der Waals surface area (Å²) in [5.74, 6) is 1.64. The molecule has 0 aliphatic carbocycles. The van der Waals surface area contributed by atoms with Gasteiger partial charge in [-0.15, -0.1) is 0 Å². The first kappa shape index (κ1) is 15.7. The molecule has 25 heavy (non-hydrogen) atoms. The molecule has 4 rings (SSSR count). The van der Waals surface area contributed by atoms with E-state index in [1.165, 1.54) is 0 Å². The molecule has 128 valence electrons. The molecule has 0 fully saturated rings. The molecule has 0 bridgehead atoms. The highest BCUT2D eigenvalue weighted by atomic mass is 16.6. The normalized spacial score (nSPS) is 16.2. The van der Waals surface area contributed by atoms with Crippen molar-refractivity contribution in [2.75, 3.05) is 20.2 Å². The highest BCUT2D eigenvalue weighted by molar-refractivity contribution is 5.40. The number of benzene rings is 2. The van der Waals surface area contributed by atoms with E-state index in [0.717, 1.165) is 36.0 Å². The van der Waals surface area contributed by atoms with Crippen LogP contribution in [0.25, 0.3) is 5.69 Å². The monoisotopic (exact) mass is 335 g/mol. The lowest BCUT2D eigenvalue weighted by Gasteiger charge is -2.29. The van der Waals surface area contributed by atoms with E-state index >= 15 is 0 Å². The summed E-state index contributed by atoms with van der Waals surface area (Å²) in [5, 5.41) is 4.65. The van der Waals surface area contributed by atoms with Crippen molar-refractivity contribution in [1.29, 1.82) is 0 Å². The molecule has 0 saturated carbocycles. The van der Waals surface area contributed by atoms with E-state index in [4.69, 9.17) is 9.47 Å². The summed E-state index contributed by atoms with van der Waals surface area (Å²) < 4.78 is 13.7. The molecule has 2 heterocycles. The van der Waals surface area contributed by atoms with Gasteiger partial charge in [-0.2, -0.15) is 5.10 Å². The predicted octanol–water partition coefficient (Wildman–Crippen LogP) is 3.14. The van der Waals surface area contributed by atoms with Gasteiger partial charge in [0.15, 0.2) is 11.5 Å². The van der Waals surface area contributed by atoms with Gasteiger partial charge in [0.2, 0.25) is 0 Å². The quantitative estimate of drug-likeness (QED) is 0.718. The molecule has 1 aromatic heterocycles. The first-order valence-electron chi connectivity index (χ1n) is 8.45. The van der Waals surface area contributed by atoms with Crippen molar-refractivity contribution in [3.63, 3.8) is 0 Å². The summed E-state index contributed by atoms with van der Waals surface area (Å²) in [4.78, 5) is 2.21. The number of rotatable bonds is 5. The first-order chi connectivity index (χ1) is 12.3. The van der Waals surface area contributed by atoms with E-state index in [-0.39, 0.29) is 6.10 Å². The van der Waals surface area contributed by atoms with E-state index in [1.54, 1.807) is 0 Å².